The third-order valence-electron chi connectivity index (χ3n) is 2.83. The number of methoxy groups -OCH3 is 2. The van der Waals surface area contributed by atoms with E-state index >= 15 is 0 Å². The molecule has 0 aliphatic carbocycles. The van der Waals surface area contributed by atoms with Gasteiger partial charge in [-0.2, -0.15) is 0 Å². The van der Waals surface area contributed by atoms with Crippen molar-refractivity contribution in [3.8, 4) is 11.5 Å². The second-order valence-electron chi connectivity index (χ2n) is 5.14. The Labute approximate surface area is 119 Å². The molecule has 0 aromatic heterocycles. The predicted octanol–water partition coefficient (Wildman–Crippen LogP) is 1.90. The molecule has 1 aromatic rings. The first-order valence-electron chi connectivity index (χ1n) is 6.25. The van der Waals surface area contributed by atoms with Gasteiger partial charge < -0.3 is 25.2 Å². The molecule has 6 heteroatoms. The van der Waals surface area contributed by atoms with Gasteiger partial charge >= 0.3 is 6.03 Å². The van der Waals surface area contributed by atoms with E-state index in [4.69, 9.17) is 14.6 Å². The van der Waals surface area contributed by atoms with Gasteiger partial charge in [0.15, 0.2) is 11.5 Å². The molecule has 0 heterocycles. The minimum Gasteiger partial charge on any atom is -0.493 e. The van der Waals surface area contributed by atoms with Gasteiger partial charge in [-0.05, 0) is 32.4 Å². The number of aliphatic hydroxyl groups excluding tert-OH is 1. The number of ether oxygens (including phenoxy) is 2. The number of aryl methyl sites for hydroxylation is 1. The monoisotopic (exact) mass is 282 g/mol. The molecule has 112 valence electrons. The molecule has 0 radical (unpaired) electrons. The fourth-order valence-corrected chi connectivity index (χ4v) is 1.62. The van der Waals surface area contributed by atoms with Crippen LogP contribution in [0.15, 0.2) is 12.1 Å². The highest BCUT2D eigenvalue weighted by Gasteiger charge is 2.19. The van der Waals surface area contributed by atoms with Gasteiger partial charge in [-0.25, -0.2) is 4.79 Å². The van der Waals surface area contributed by atoms with E-state index in [1.165, 1.54) is 7.11 Å². The molecule has 1 rings (SSSR count). The molecule has 0 saturated carbocycles. The number of hydrogen-bond acceptors (Lipinski definition) is 4. The Kier molecular flexibility index (Phi) is 5.21. The van der Waals surface area contributed by atoms with E-state index in [0.29, 0.717) is 17.2 Å². The smallest absolute Gasteiger partial charge is 0.319 e. The standard InChI is InChI=1S/C14H22N2O4/c1-9-6-11(19-4)12(20-5)7-10(9)15-13(18)16-14(2,3)8-17/h6-7,17H,8H2,1-5H3,(H2,15,16,18). The van der Waals surface area contributed by atoms with E-state index in [9.17, 15) is 4.79 Å². The van der Waals surface area contributed by atoms with Crippen LogP contribution in [-0.4, -0.2) is 37.5 Å². The van der Waals surface area contributed by atoms with Crippen LogP contribution in [0.3, 0.4) is 0 Å². The number of anilines is 1. The number of urea groups is 1. The van der Waals surface area contributed by atoms with Crippen molar-refractivity contribution in [1.82, 2.24) is 5.32 Å². The lowest BCUT2D eigenvalue weighted by Crippen LogP contribution is -2.48. The number of rotatable bonds is 5. The zero-order valence-electron chi connectivity index (χ0n) is 12.5. The minimum absolute atomic E-state index is 0.147. The predicted molar refractivity (Wildman–Crippen MR) is 77.6 cm³/mol. The molecule has 0 aliphatic rings. The van der Waals surface area contributed by atoms with Crippen molar-refractivity contribution in [1.29, 1.82) is 0 Å². The first-order chi connectivity index (χ1) is 9.32. The highest BCUT2D eigenvalue weighted by Crippen LogP contribution is 2.32. The molecular weight excluding hydrogens is 260 g/mol. The van der Waals surface area contributed by atoms with Crippen LogP contribution >= 0.6 is 0 Å². The first-order valence-corrected chi connectivity index (χ1v) is 6.25. The lowest BCUT2D eigenvalue weighted by atomic mass is 10.1. The maximum atomic E-state index is 11.9. The highest BCUT2D eigenvalue weighted by molar-refractivity contribution is 5.91. The van der Waals surface area contributed by atoms with E-state index in [0.717, 1.165) is 5.56 Å². The molecule has 0 unspecified atom stereocenters. The molecule has 0 aliphatic heterocycles. The van der Waals surface area contributed by atoms with Crippen molar-refractivity contribution < 1.29 is 19.4 Å². The number of aliphatic hydroxyl groups is 1. The van der Waals surface area contributed by atoms with Gasteiger partial charge in [0.2, 0.25) is 0 Å². The maximum Gasteiger partial charge on any atom is 0.319 e. The Morgan fingerprint density at radius 3 is 2.30 bits per heavy atom. The van der Waals surface area contributed by atoms with Crippen LogP contribution in [0.5, 0.6) is 11.5 Å². The van der Waals surface area contributed by atoms with Crippen LogP contribution in [0.1, 0.15) is 19.4 Å². The quantitative estimate of drug-likeness (QED) is 0.770. The second kappa shape index (κ2) is 6.47. The first kappa shape index (κ1) is 16.1. The minimum atomic E-state index is -0.686. The lowest BCUT2D eigenvalue weighted by Gasteiger charge is -2.24. The van der Waals surface area contributed by atoms with Crippen molar-refractivity contribution >= 4 is 11.7 Å². The summed E-state index contributed by atoms with van der Waals surface area (Å²) in [5.41, 5.74) is 0.780. The SMILES string of the molecule is COc1cc(C)c(NC(=O)NC(C)(C)CO)cc1OC. The third kappa shape index (κ3) is 4.03. The number of benzene rings is 1. The van der Waals surface area contributed by atoms with Crippen LogP contribution in [-0.2, 0) is 0 Å². The van der Waals surface area contributed by atoms with E-state index < -0.39 is 5.54 Å². The maximum absolute atomic E-state index is 11.9. The summed E-state index contributed by atoms with van der Waals surface area (Å²) in [6.45, 7) is 5.17. The van der Waals surface area contributed by atoms with Gasteiger partial charge in [0.25, 0.3) is 0 Å². The van der Waals surface area contributed by atoms with Gasteiger partial charge in [0, 0.05) is 11.8 Å². The molecular formula is C14H22N2O4. The third-order valence-corrected chi connectivity index (χ3v) is 2.83. The Morgan fingerprint density at radius 2 is 1.80 bits per heavy atom. The number of carbonyl (C=O) groups is 1. The van der Waals surface area contributed by atoms with Crippen LogP contribution in [0, 0.1) is 6.92 Å². The van der Waals surface area contributed by atoms with Crippen molar-refractivity contribution in [2.24, 2.45) is 0 Å². The largest absolute Gasteiger partial charge is 0.493 e. The van der Waals surface area contributed by atoms with Crippen molar-refractivity contribution in [2.45, 2.75) is 26.3 Å². The van der Waals surface area contributed by atoms with Gasteiger partial charge in [-0.3, -0.25) is 0 Å². The molecule has 2 amide bonds. The van der Waals surface area contributed by atoms with Crippen molar-refractivity contribution in [3.05, 3.63) is 17.7 Å². The molecule has 0 spiro atoms. The van der Waals surface area contributed by atoms with E-state index in [-0.39, 0.29) is 12.6 Å². The molecule has 6 nitrogen and oxygen atoms in total. The molecule has 0 bridgehead atoms. The normalized spacial score (nSPS) is 10.9. The summed E-state index contributed by atoms with van der Waals surface area (Å²) in [7, 11) is 3.09. The molecule has 0 atom stereocenters. The summed E-state index contributed by atoms with van der Waals surface area (Å²) in [5.74, 6) is 1.14. The molecule has 3 N–H and O–H groups in total. The Morgan fingerprint density at radius 1 is 1.25 bits per heavy atom. The van der Waals surface area contributed by atoms with Crippen molar-refractivity contribution in [2.75, 3.05) is 26.1 Å². The lowest BCUT2D eigenvalue weighted by molar-refractivity contribution is 0.187. The number of hydrogen-bond donors (Lipinski definition) is 3. The molecule has 0 saturated heterocycles. The molecule has 1 aromatic carbocycles. The topological polar surface area (TPSA) is 79.8 Å². The van der Waals surface area contributed by atoms with Crippen LogP contribution in [0.25, 0.3) is 0 Å². The van der Waals surface area contributed by atoms with Gasteiger partial charge in [0.05, 0.1) is 26.4 Å². The zero-order chi connectivity index (χ0) is 15.3. The summed E-state index contributed by atoms with van der Waals surface area (Å²) in [6.07, 6.45) is 0. The highest BCUT2D eigenvalue weighted by atomic mass is 16.5. The molecule has 20 heavy (non-hydrogen) atoms. The summed E-state index contributed by atoms with van der Waals surface area (Å²) in [5, 5.41) is 14.5. The number of amides is 2. The van der Waals surface area contributed by atoms with Gasteiger partial charge in [0.1, 0.15) is 0 Å². The van der Waals surface area contributed by atoms with Crippen molar-refractivity contribution in [3.63, 3.8) is 0 Å². The van der Waals surface area contributed by atoms with E-state index in [1.54, 1.807) is 33.1 Å². The fraction of sp³-hybridized carbons (Fsp3) is 0.500. The summed E-state index contributed by atoms with van der Waals surface area (Å²) in [4.78, 5) is 11.9. The Hall–Kier alpha value is -1.95. The van der Waals surface area contributed by atoms with E-state index in [2.05, 4.69) is 10.6 Å². The average molecular weight is 282 g/mol. The van der Waals surface area contributed by atoms with Crippen LogP contribution < -0.4 is 20.1 Å². The van der Waals surface area contributed by atoms with Gasteiger partial charge in [-0.15, -0.1) is 0 Å². The summed E-state index contributed by atoms with van der Waals surface area (Å²) < 4.78 is 10.4. The van der Waals surface area contributed by atoms with Crippen LogP contribution in [0.4, 0.5) is 10.5 Å². The average Bonchev–Trinajstić information content (AvgIpc) is 2.39. The Balaban J connectivity index is 2.90. The van der Waals surface area contributed by atoms with Gasteiger partial charge in [-0.1, -0.05) is 0 Å². The zero-order valence-corrected chi connectivity index (χ0v) is 12.5. The summed E-state index contributed by atoms with van der Waals surface area (Å²) in [6, 6.07) is 3.09. The molecule has 0 fully saturated rings. The summed E-state index contributed by atoms with van der Waals surface area (Å²) >= 11 is 0. The number of carbonyl (C=O) groups excluding carboxylic acids is 1. The number of nitrogens with one attached hydrogen (secondary N) is 2. The van der Waals surface area contributed by atoms with Crippen LogP contribution in [0.2, 0.25) is 0 Å². The fourth-order valence-electron chi connectivity index (χ4n) is 1.62. The van der Waals surface area contributed by atoms with E-state index in [1.807, 2.05) is 6.92 Å². The Bertz CT molecular complexity index is 486. The second-order valence-corrected chi connectivity index (χ2v) is 5.14.